The number of hydrogen-bond donors (Lipinski definition) is 1. The van der Waals surface area contributed by atoms with Crippen LogP contribution in [-0.2, 0) is 10.8 Å². The molecule has 0 aliphatic carbocycles. The van der Waals surface area contributed by atoms with E-state index in [1.807, 2.05) is 5.38 Å². The van der Waals surface area contributed by atoms with Crippen LogP contribution in [0.2, 0.25) is 0 Å². The van der Waals surface area contributed by atoms with E-state index in [0.717, 1.165) is 23.8 Å². The summed E-state index contributed by atoms with van der Waals surface area (Å²) in [6.07, 6.45) is 2.71. The molecule has 1 saturated heterocycles. The lowest BCUT2D eigenvalue weighted by molar-refractivity contribution is 0.671. The minimum absolute atomic E-state index is 0.274. The third-order valence-electron chi connectivity index (χ3n) is 1.90. The van der Waals surface area contributed by atoms with Crippen molar-refractivity contribution in [1.29, 1.82) is 0 Å². The van der Waals surface area contributed by atoms with Crippen LogP contribution in [0.1, 0.15) is 6.42 Å². The van der Waals surface area contributed by atoms with Crippen LogP contribution in [0.3, 0.4) is 0 Å². The van der Waals surface area contributed by atoms with Gasteiger partial charge in [0, 0.05) is 18.1 Å². The molecule has 0 aromatic carbocycles. The Labute approximate surface area is 77.7 Å². The summed E-state index contributed by atoms with van der Waals surface area (Å²) in [6, 6.07) is 0. The zero-order valence-corrected chi connectivity index (χ0v) is 8.16. The molecule has 1 aromatic rings. The molecule has 0 radical (unpaired) electrons. The van der Waals surface area contributed by atoms with E-state index in [-0.39, 0.29) is 5.25 Å². The molecule has 0 bridgehead atoms. The van der Waals surface area contributed by atoms with Crippen molar-refractivity contribution in [3.8, 4) is 0 Å². The van der Waals surface area contributed by atoms with E-state index in [1.54, 1.807) is 6.20 Å². The first-order valence-corrected chi connectivity index (χ1v) is 5.98. The summed E-state index contributed by atoms with van der Waals surface area (Å²) in [5.74, 6) is 0. The van der Waals surface area contributed by atoms with Crippen molar-refractivity contribution in [2.75, 3.05) is 13.1 Å². The van der Waals surface area contributed by atoms with Crippen molar-refractivity contribution in [2.24, 2.45) is 0 Å². The molecular weight excluding hydrogens is 192 g/mol. The number of hydrogen-bond acceptors (Lipinski definition) is 4. The molecule has 1 aromatic heterocycles. The molecule has 0 spiro atoms. The Hall–Kier alpha value is -0.260. The number of thiazole rings is 1. The van der Waals surface area contributed by atoms with E-state index >= 15 is 0 Å². The highest BCUT2D eigenvalue weighted by molar-refractivity contribution is 7.87. The van der Waals surface area contributed by atoms with E-state index < -0.39 is 10.8 Å². The third-order valence-corrected chi connectivity index (χ3v) is 4.70. The van der Waals surface area contributed by atoms with Gasteiger partial charge in [-0.2, -0.15) is 0 Å². The molecule has 66 valence electrons. The highest BCUT2D eigenvalue weighted by atomic mass is 32.2. The molecule has 0 amide bonds. The van der Waals surface area contributed by atoms with Crippen LogP contribution in [0.25, 0.3) is 0 Å². The Morgan fingerprint density at radius 3 is 3.25 bits per heavy atom. The molecular formula is C7H10N2OS2. The Kier molecular flexibility index (Phi) is 2.53. The number of nitrogens with one attached hydrogen (secondary N) is 1. The van der Waals surface area contributed by atoms with E-state index in [0.29, 0.717) is 0 Å². The Bertz CT molecular complexity index is 267. The van der Waals surface area contributed by atoms with Gasteiger partial charge < -0.3 is 5.32 Å². The van der Waals surface area contributed by atoms with E-state index in [2.05, 4.69) is 10.3 Å². The summed E-state index contributed by atoms with van der Waals surface area (Å²) in [4.78, 5) is 4.05. The molecule has 2 unspecified atom stereocenters. The molecule has 2 heterocycles. The fourth-order valence-electron chi connectivity index (χ4n) is 1.26. The zero-order valence-electron chi connectivity index (χ0n) is 6.53. The van der Waals surface area contributed by atoms with Crippen LogP contribution in [0.15, 0.2) is 15.9 Å². The molecule has 12 heavy (non-hydrogen) atoms. The maximum atomic E-state index is 11.7. The molecule has 5 heteroatoms. The smallest absolute Gasteiger partial charge is 0.180 e. The predicted molar refractivity (Wildman–Crippen MR) is 49.8 cm³/mol. The molecule has 1 aliphatic heterocycles. The van der Waals surface area contributed by atoms with Gasteiger partial charge in [0.2, 0.25) is 0 Å². The predicted octanol–water partition coefficient (Wildman–Crippen LogP) is 0.613. The lowest BCUT2D eigenvalue weighted by atomic mass is 10.4. The van der Waals surface area contributed by atoms with Crippen molar-refractivity contribution in [2.45, 2.75) is 16.0 Å². The van der Waals surface area contributed by atoms with Gasteiger partial charge in [-0.25, -0.2) is 4.98 Å². The number of nitrogens with zero attached hydrogens (tertiary/aromatic N) is 1. The maximum Gasteiger partial charge on any atom is 0.180 e. The Morgan fingerprint density at radius 2 is 2.67 bits per heavy atom. The molecule has 1 fully saturated rings. The van der Waals surface area contributed by atoms with Crippen molar-refractivity contribution < 1.29 is 4.21 Å². The topological polar surface area (TPSA) is 42.0 Å². The highest BCUT2D eigenvalue weighted by Crippen LogP contribution is 2.17. The average molecular weight is 202 g/mol. The van der Waals surface area contributed by atoms with Crippen molar-refractivity contribution in [3.05, 3.63) is 11.6 Å². The summed E-state index contributed by atoms with van der Waals surface area (Å²) in [7, 11) is -0.883. The molecule has 3 nitrogen and oxygen atoms in total. The second kappa shape index (κ2) is 3.64. The van der Waals surface area contributed by atoms with Crippen LogP contribution in [0.4, 0.5) is 0 Å². The number of aromatic nitrogens is 1. The first kappa shape index (κ1) is 8.34. The van der Waals surface area contributed by atoms with Gasteiger partial charge in [-0.05, 0) is 13.0 Å². The van der Waals surface area contributed by atoms with Gasteiger partial charge in [-0.3, -0.25) is 4.21 Å². The minimum atomic E-state index is -0.883. The molecule has 1 N–H and O–H groups in total. The lowest BCUT2D eigenvalue weighted by Crippen LogP contribution is -2.18. The van der Waals surface area contributed by atoms with Crippen LogP contribution >= 0.6 is 11.3 Å². The molecule has 1 aliphatic rings. The normalized spacial score (nSPS) is 25.8. The van der Waals surface area contributed by atoms with Crippen LogP contribution in [-0.4, -0.2) is 27.5 Å². The van der Waals surface area contributed by atoms with Crippen LogP contribution in [0.5, 0.6) is 0 Å². The molecule has 2 atom stereocenters. The van der Waals surface area contributed by atoms with Gasteiger partial charge in [-0.15, -0.1) is 11.3 Å². The average Bonchev–Trinajstić information content (AvgIpc) is 2.77. The van der Waals surface area contributed by atoms with Crippen molar-refractivity contribution >= 4 is 22.1 Å². The van der Waals surface area contributed by atoms with Crippen LogP contribution in [0, 0.1) is 0 Å². The van der Waals surface area contributed by atoms with Crippen molar-refractivity contribution in [3.63, 3.8) is 0 Å². The largest absolute Gasteiger partial charge is 0.315 e. The molecule has 0 saturated carbocycles. The second-order valence-electron chi connectivity index (χ2n) is 2.71. The van der Waals surface area contributed by atoms with Gasteiger partial charge >= 0.3 is 0 Å². The quantitative estimate of drug-likeness (QED) is 0.764. The van der Waals surface area contributed by atoms with Gasteiger partial charge in [-0.1, -0.05) is 0 Å². The van der Waals surface area contributed by atoms with Gasteiger partial charge in [0.1, 0.15) is 0 Å². The first-order valence-electron chi connectivity index (χ1n) is 3.89. The van der Waals surface area contributed by atoms with E-state index in [9.17, 15) is 4.21 Å². The minimum Gasteiger partial charge on any atom is -0.315 e. The first-order chi connectivity index (χ1) is 5.88. The van der Waals surface area contributed by atoms with E-state index in [1.165, 1.54) is 11.3 Å². The lowest BCUT2D eigenvalue weighted by Gasteiger charge is -2.03. The summed E-state index contributed by atoms with van der Waals surface area (Å²) in [5.41, 5.74) is 0. The van der Waals surface area contributed by atoms with Gasteiger partial charge in [0.05, 0.1) is 16.0 Å². The van der Waals surface area contributed by atoms with Crippen LogP contribution < -0.4 is 5.32 Å². The second-order valence-corrected chi connectivity index (χ2v) is 5.51. The standard InChI is InChI=1S/C7H10N2OS2/c10-12(6-1-2-8-5-6)7-9-3-4-11-7/h3-4,6,8H,1-2,5H2. The van der Waals surface area contributed by atoms with Crippen molar-refractivity contribution in [1.82, 2.24) is 10.3 Å². The fourth-order valence-corrected chi connectivity index (χ4v) is 3.63. The van der Waals surface area contributed by atoms with E-state index in [4.69, 9.17) is 0 Å². The number of rotatable bonds is 2. The summed E-state index contributed by atoms with van der Waals surface area (Å²) in [6.45, 7) is 1.86. The molecule has 2 rings (SSSR count). The zero-order chi connectivity index (χ0) is 8.39. The Balaban J connectivity index is 2.09. The summed E-state index contributed by atoms with van der Waals surface area (Å²) >= 11 is 1.48. The summed E-state index contributed by atoms with van der Waals surface area (Å²) < 4.78 is 12.5. The Morgan fingerprint density at radius 1 is 1.75 bits per heavy atom. The summed E-state index contributed by atoms with van der Waals surface area (Å²) in [5, 5.41) is 5.34. The maximum absolute atomic E-state index is 11.7. The monoisotopic (exact) mass is 202 g/mol. The van der Waals surface area contributed by atoms with Gasteiger partial charge in [0.15, 0.2) is 4.34 Å². The third kappa shape index (κ3) is 1.57. The fraction of sp³-hybridized carbons (Fsp3) is 0.571. The SMILES string of the molecule is O=S(c1nccs1)C1CCNC1. The van der Waals surface area contributed by atoms with Gasteiger partial charge in [0.25, 0.3) is 0 Å². The highest BCUT2D eigenvalue weighted by Gasteiger charge is 2.23.